The zero-order valence-corrected chi connectivity index (χ0v) is 11.7. The lowest BCUT2D eigenvalue weighted by Crippen LogP contribution is -2.35. The smallest absolute Gasteiger partial charge is 0.134 e. The van der Waals surface area contributed by atoms with Crippen LogP contribution in [0.3, 0.4) is 0 Å². The van der Waals surface area contributed by atoms with Crippen molar-refractivity contribution < 1.29 is 0 Å². The molecule has 1 aliphatic rings. The Balaban J connectivity index is 2.14. The number of rotatable bonds is 4. The second-order valence-electron chi connectivity index (χ2n) is 5.00. The van der Waals surface area contributed by atoms with Gasteiger partial charge in [-0.15, -0.1) is 0 Å². The van der Waals surface area contributed by atoms with E-state index in [0.717, 1.165) is 56.4 Å². The number of anilines is 2. The quantitative estimate of drug-likeness (QED) is 0.899. The van der Waals surface area contributed by atoms with Gasteiger partial charge in [0.1, 0.15) is 17.5 Å². The average molecular weight is 259 g/mol. The molecule has 1 fully saturated rings. The summed E-state index contributed by atoms with van der Waals surface area (Å²) < 4.78 is 0. The standard InChI is InChI=1S/C14H21N5/c1-3-6-16-13-8-14(18-11(2)17-13)19-7-4-5-12(9-15)10-19/h8,12H,3-7,10H2,1-2H3,(H,16,17,18). The third-order valence-electron chi connectivity index (χ3n) is 3.31. The van der Waals surface area contributed by atoms with E-state index < -0.39 is 0 Å². The molecule has 0 saturated carbocycles. The Hall–Kier alpha value is -1.83. The Labute approximate surface area is 114 Å². The molecule has 0 bridgehead atoms. The monoisotopic (exact) mass is 259 g/mol. The van der Waals surface area contributed by atoms with Crippen molar-refractivity contribution >= 4 is 11.6 Å². The van der Waals surface area contributed by atoms with E-state index in [-0.39, 0.29) is 5.92 Å². The first-order chi connectivity index (χ1) is 9.22. The maximum atomic E-state index is 9.06. The molecule has 1 N–H and O–H groups in total. The fourth-order valence-electron chi connectivity index (χ4n) is 2.35. The number of aromatic nitrogens is 2. The van der Waals surface area contributed by atoms with Crippen molar-refractivity contribution in [1.82, 2.24) is 9.97 Å². The van der Waals surface area contributed by atoms with Crippen LogP contribution in [0.1, 0.15) is 32.0 Å². The molecule has 5 heteroatoms. The molecule has 0 aromatic carbocycles. The van der Waals surface area contributed by atoms with Crippen molar-refractivity contribution in [2.75, 3.05) is 29.9 Å². The number of aryl methyl sites for hydroxylation is 1. The molecule has 1 unspecified atom stereocenters. The van der Waals surface area contributed by atoms with Gasteiger partial charge in [0, 0.05) is 25.7 Å². The lowest BCUT2D eigenvalue weighted by Gasteiger charge is -2.30. The van der Waals surface area contributed by atoms with Gasteiger partial charge < -0.3 is 10.2 Å². The number of nitriles is 1. The Morgan fingerprint density at radius 1 is 1.53 bits per heavy atom. The Bertz CT molecular complexity index is 465. The van der Waals surface area contributed by atoms with E-state index in [1.54, 1.807) is 0 Å². The Morgan fingerprint density at radius 2 is 2.37 bits per heavy atom. The predicted molar refractivity (Wildman–Crippen MR) is 76.1 cm³/mol. The molecule has 1 aromatic rings. The van der Waals surface area contributed by atoms with Gasteiger partial charge in [-0.1, -0.05) is 6.92 Å². The first-order valence-corrected chi connectivity index (χ1v) is 6.97. The zero-order valence-electron chi connectivity index (χ0n) is 11.7. The van der Waals surface area contributed by atoms with E-state index >= 15 is 0 Å². The first kappa shape index (κ1) is 13.6. The maximum absolute atomic E-state index is 9.06. The summed E-state index contributed by atoms with van der Waals surface area (Å²) in [6.45, 7) is 6.70. The summed E-state index contributed by atoms with van der Waals surface area (Å²) in [5, 5.41) is 12.4. The van der Waals surface area contributed by atoms with E-state index in [1.165, 1.54) is 0 Å². The molecule has 1 aromatic heterocycles. The van der Waals surface area contributed by atoms with E-state index in [0.29, 0.717) is 0 Å². The zero-order chi connectivity index (χ0) is 13.7. The molecule has 19 heavy (non-hydrogen) atoms. The number of piperidine rings is 1. The summed E-state index contributed by atoms with van der Waals surface area (Å²) in [4.78, 5) is 11.1. The fraction of sp³-hybridized carbons (Fsp3) is 0.643. The lowest BCUT2D eigenvalue weighted by molar-refractivity contribution is 0.490. The third-order valence-corrected chi connectivity index (χ3v) is 3.31. The van der Waals surface area contributed by atoms with Gasteiger partial charge in [-0.2, -0.15) is 5.26 Å². The van der Waals surface area contributed by atoms with E-state index in [2.05, 4.69) is 33.2 Å². The number of hydrogen-bond acceptors (Lipinski definition) is 5. The van der Waals surface area contributed by atoms with Crippen LogP contribution in [0.15, 0.2) is 6.07 Å². The minimum Gasteiger partial charge on any atom is -0.370 e. The molecule has 1 saturated heterocycles. The van der Waals surface area contributed by atoms with Crippen LogP contribution in [-0.4, -0.2) is 29.6 Å². The van der Waals surface area contributed by atoms with Gasteiger partial charge in [0.05, 0.1) is 12.0 Å². The van der Waals surface area contributed by atoms with Gasteiger partial charge >= 0.3 is 0 Å². The predicted octanol–water partition coefficient (Wildman–Crippen LogP) is 2.35. The van der Waals surface area contributed by atoms with Gasteiger partial charge in [0.25, 0.3) is 0 Å². The van der Waals surface area contributed by atoms with Gasteiger partial charge in [0.2, 0.25) is 0 Å². The lowest BCUT2D eigenvalue weighted by atomic mass is 10.00. The van der Waals surface area contributed by atoms with Gasteiger partial charge in [0.15, 0.2) is 0 Å². The second-order valence-corrected chi connectivity index (χ2v) is 5.00. The van der Waals surface area contributed by atoms with Crippen LogP contribution in [0, 0.1) is 24.2 Å². The highest BCUT2D eigenvalue weighted by Gasteiger charge is 2.21. The molecule has 1 atom stereocenters. The minimum absolute atomic E-state index is 0.121. The van der Waals surface area contributed by atoms with Crippen molar-refractivity contribution in [3.05, 3.63) is 11.9 Å². The van der Waals surface area contributed by atoms with Gasteiger partial charge in [-0.25, -0.2) is 9.97 Å². The van der Waals surface area contributed by atoms with Gasteiger partial charge in [-0.3, -0.25) is 0 Å². The van der Waals surface area contributed by atoms with Crippen molar-refractivity contribution in [3.8, 4) is 6.07 Å². The van der Waals surface area contributed by atoms with Crippen LogP contribution >= 0.6 is 0 Å². The summed E-state index contributed by atoms with van der Waals surface area (Å²) in [7, 11) is 0. The van der Waals surface area contributed by atoms with E-state index in [9.17, 15) is 0 Å². The Kier molecular flexibility index (Phi) is 4.56. The van der Waals surface area contributed by atoms with Crippen LogP contribution in [0.2, 0.25) is 0 Å². The van der Waals surface area contributed by atoms with Crippen LogP contribution < -0.4 is 10.2 Å². The maximum Gasteiger partial charge on any atom is 0.134 e. The largest absolute Gasteiger partial charge is 0.370 e. The normalized spacial score (nSPS) is 19.0. The van der Waals surface area contributed by atoms with E-state index in [1.807, 2.05) is 13.0 Å². The molecule has 2 rings (SSSR count). The topological polar surface area (TPSA) is 64.8 Å². The van der Waals surface area contributed by atoms with Crippen molar-refractivity contribution in [1.29, 1.82) is 5.26 Å². The molecular formula is C14H21N5. The molecule has 0 radical (unpaired) electrons. The molecule has 0 spiro atoms. The summed E-state index contributed by atoms with van der Waals surface area (Å²) in [5.41, 5.74) is 0. The minimum atomic E-state index is 0.121. The highest BCUT2D eigenvalue weighted by molar-refractivity contribution is 5.49. The van der Waals surface area contributed by atoms with Gasteiger partial charge in [-0.05, 0) is 26.2 Å². The number of nitrogens with one attached hydrogen (secondary N) is 1. The molecule has 0 aliphatic carbocycles. The fourth-order valence-corrected chi connectivity index (χ4v) is 2.35. The van der Waals surface area contributed by atoms with Crippen LogP contribution in [0.4, 0.5) is 11.6 Å². The number of hydrogen-bond donors (Lipinski definition) is 1. The van der Waals surface area contributed by atoms with Crippen LogP contribution in [0.25, 0.3) is 0 Å². The SMILES string of the molecule is CCCNc1cc(N2CCCC(C#N)C2)nc(C)n1. The molecule has 2 heterocycles. The molecule has 5 nitrogen and oxygen atoms in total. The molecule has 1 aliphatic heterocycles. The van der Waals surface area contributed by atoms with Crippen LogP contribution in [-0.2, 0) is 0 Å². The second kappa shape index (κ2) is 6.37. The molecular weight excluding hydrogens is 238 g/mol. The van der Waals surface area contributed by atoms with Crippen molar-refractivity contribution in [3.63, 3.8) is 0 Å². The summed E-state index contributed by atoms with van der Waals surface area (Å²) in [6, 6.07) is 4.35. The Morgan fingerprint density at radius 3 is 3.11 bits per heavy atom. The van der Waals surface area contributed by atoms with Crippen LogP contribution in [0.5, 0.6) is 0 Å². The van der Waals surface area contributed by atoms with E-state index in [4.69, 9.17) is 5.26 Å². The van der Waals surface area contributed by atoms with Crippen molar-refractivity contribution in [2.24, 2.45) is 5.92 Å². The highest BCUT2D eigenvalue weighted by atomic mass is 15.2. The number of nitrogens with zero attached hydrogens (tertiary/aromatic N) is 4. The summed E-state index contributed by atoms with van der Waals surface area (Å²) in [6.07, 6.45) is 3.12. The summed E-state index contributed by atoms with van der Waals surface area (Å²) in [5.74, 6) is 2.71. The molecule has 0 amide bonds. The summed E-state index contributed by atoms with van der Waals surface area (Å²) >= 11 is 0. The highest BCUT2D eigenvalue weighted by Crippen LogP contribution is 2.23. The first-order valence-electron chi connectivity index (χ1n) is 6.97. The van der Waals surface area contributed by atoms with Crippen molar-refractivity contribution in [2.45, 2.75) is 33.1 Å². The molecule has 102 valence electrons. The third kappa shape index (κ3) is 3.57. The average Bonchev–Trinajstić information content (AvgIpc) is 2.44.